The van der Waals surface area contributed by atoms with Crippen LogP contribution in [0.3, 0.4) is 0 Å². The number of benzene rings is 2. The molecule has 0 amide bonds. The van der Waals surface area contributed by atoms with Crippen LogP contribution < -0.4 is 9.64 Å². The van der Waals surface area contributed by atoms with Crippen molar-refractivity contribution in [2.75, 3.05) is 11.9 Å². The Kier molecular flexibility index (Phi) is 2.75. The van der Waals surface area contributed by atoms with Gasteiger partial charge in [-0.1, -0.05) is 23.7 Å². The number of hydrogen-bond donors (Lipinski definition) is 0. The van der Waals surface area contributed by atoms with Gasteiger partial charge < -0.3 is 14.1 Å². The van der Waals surface area contributed by atoms with Crippen molar-refractivity contribution in [2.24, 2.45) is 0 Å². The average molecular weight is 352 g/mol. The van der Waals surface area contributed by atoms with E-state index in [9.17, 15) is 0 Å². The second-order valence-electron chi connectivity index (χ2n) is 7.27. The highest BCUT2D eigenvalue weighted by atomic mass is 35.5. The Morgan fingerprint density at radius 2 is 1.88 bits per heavy atom. The monoisotopic (exact) mass is 351 g/mol. The third kappa shape index (κ3) is 1.72. The van der Waals surface area contributed by atoms with Gasteiger partial charge in [0.15, 0.2) is 11.5 Å². The summed E-state index contributed by atoms with van der Waals surface area (Å²) in [6.45, 7) is 4.40. The van der Waals surface area contributed by atoms with Crippen LogP contribution in [0.2, 0.25) is 5.02 Å². The summed E-state index contributed by atoms with van der Waals surface area (Å²) in [7, 11) is 2.07. The standard InChI is InChI=1S/C21H18ClNO2/c1-20(2)15-12-13(22)8-9-16(15)23(3)21(20)11-10-18-19(25-21)14-6-4-5-7-17(14)24-18/h4-12H,1-3H3. The molecule has 2 aromatic carbocycles. The SMILES string of the molecule is CN1c2ccc(Cl)cc2C(C)(C)C12C=Cc1oc3ccccc3c1O2. The number of halogens is 1. The Balaban J connectivity index is 1.73. The van der Waals surface area contributed by atoms with Crippen LogP contribution in [-0.4, -0.2) is 12.8 Å². The van der Waals surface area contributed by atoms with Gasteiger partial charge in [-0.2, -0.15) is 0 Å². The molecular formula is C21H18ClNO2. The fourth-order valence-corrected chi connectivity index (χ4v) is 4.41. The molecule has 1 spiro atoms. The van der Waals surface area contributed by atoms with Gasteiger partial charge in [0.05, 0.1) is 10.8 Å². The van der Waals surface area contributed by atoms with Crippen molar-refractivity contribution in [3.8, 4) is 5.75 Å². The molecule has 3 aromatic rings. The summed E-state index contributed by atoms with van der Waals surface area (Å²) < 4.78 is 12.6. The number of likely N-dealkylation sites (N-methyl/N-ethyl adjacent to an activating group) is 1. The molecule has 3 heterocycles. The van der Waals surface area contributed by atoms with Crippen molar-refractivity contribution < 1.29 is 9.15 Å². The van der Waals surface area contributed by atoms with Gasteiger partial charge in [0.2, 0.25) is 5.72 Å². The van der Waals surface area contributed by atoms with Crippen molar-refractivity contribution in [2.45, 2.75) is 25.0 Å². The molecule has 126 valence electrons. The highest BCUT2D eigenvalue weighted by Gasteiger charge is 2.58. The molecule has 5 rings (SSSR count). The second kappa shape index (κ2) is 4.61. The van der Waals surface area contributed by atoms with Crippen LogP contribution in [-0.2, 0) is 5.41 Å². The lowest BCUT2D eigenvalue weighted by molar-refractivity contribution is 0.0582. The van der Waals surface area contributed by atoms with E-state index < -0.39 is 5.72 Å². The van der Waals surface area contributed by atoms with Crippen LogP contribution in [0.25, 0.3) is 17.0 Å². The minimum absolute atomic E-state index is 0.283. The van der Waals surface area contributed by atoms with Crippen molar-refractivity contribution in [3.63, 3.8) is 0 Å². The second-order valence-corrected chi connectivity index (χ2v) is 7.71. The van der Waals surface area contributed by atoms with E-state index in [1.54, 1.807) is 0 Å². The number of hydrogen-bond acceptors (Lipinski definition) is 3. The van der Waals surface area contributed by atoms with Crippen LogP contribution in [0.1, 0.15) is 25.2 Å². The number of ether oxygens (including phenoxy) is 1. The van der Waals surface area contributed by atoms with E-state index in [0.717, 1.165) is 33.2 Å². The van der Waals surface area contributed by atoms with Gasteiger partial charge in [-0.3, -0.25) is 0 Å². The number of furan rings is 1. The Labute approximate surface area is 151 Å². The number of para-hydroxylation sites is 1. The Morgan fingerprint density at radius 1 is 1.08 bits per heavy atom. The Bertz CT molecular complexity index is 1050. The zero-order valence-electron chi connectivity index (χ0n) is 14.3. The molecule has 1 atom stereocenters. The zero-order valence-corrected chi connectivity index (χ0v) is 15.1. The molecule has 1 unspecified atom stereocenters. The quantitative estimate of drug-likeness (QED) is 0.526. The maximum Gasteiger partial charge on any atom is 0.212 e. The predicted octanol–water partition coefficient (Wildman–Crippen LogP) is 5.62. The molecule has 0 radical (unpaired) electrons. The molecule has 2 aliphatic rings. The summed E-state index contributed by atoms with van der Waals surface area (Å²) in [6.07, 6.45) is 4.14. The first-order valence-corrected chi connectivity index (χ1v) is 8.75. The first-order chi connectivity index (χ1) is 11.9. The summed E-state index contributed by atoms with van der Waals surface area (Å²) >= 11 is 6.28. The Hall–Kier alpha value is -2.39. The van der Waals surface area contributed by atoms with E-state index >= 15 is 0 Å². The molecule has 3 nitrogen and oxygen atoms in total. The largest absolute Gasteiger partial charge is 0.459 e. The highest BCUT2D eigenvalue weighted by molar-refractivity contribution is 6.30. The number of fused-ring (bicyclic) bond motifs is 4. The van der Waals surface area contributed by atoms with Crippen LogP contribution in [0.4, 0.5) is 5.69 Å². The van der Waals surface area contributed by atoms with Crippen LogP contribution in [0.15, 0.2) is 53.0 Å². The molecule has 0 bridgehead atoms. The molecule has 0 aliphatic carbocycles. The van der Waals surface area contributed by atoms with Gasteiger partial charge in [0.25, 0.3) is 0 Å². The van der Waals surface area contributed by atoms with Gasteiger partial charge in [-0.15, -0.1) is 0 Å². The number of anilines is 1. The smallest absolute Gasteiger partial charge is 0.212 e. The van der Waals surface area contributed by atoms with Crippen LogP contribution in [0.5, 0.6) is 5.75 Å². The van der Waals surface area contributed by atoms with Gasteiger partial charge in [0, 0.05) is 17.8 Å². The lowest BCUT2D eigenvalue weighted by Gasteiger charge is -2.45. The Morgan fingerprint density at radius 3 is 2.72 bits per heavy atom. The highest BCUT2D eigenvalue weighted by Crippen LogP contribution is 2.55. The fraction of sp³-hybridized carbons (Fsp3) is 0.238. The van der Waals surface area contributed by atoms with Crippen LogP contribution in [0, 0.1) is 0 Å². The molecule has 0 saturated carbocycles. The van der Waals surface area contributed by atoms with Gasteiger partial charge in [-0.25, -0.2) is 0 Å². The zero-order chi connectivity index (χ0) is 17.4. The summed E-state index contributed by atoms with van der Waals surface area (Å²) in [5.74, 6) is 1.57. The van der Waals surface area contributed by atoms with E-state index in [2.05, 4.69) is 37.9 Å². The predicted molar refractivity (Wildman–Crippen MR) is 101 cm³/mol. The summed E-state index contributed by atoms with van der Waals surface area (Å²) in [5, 5.41) is 1.74. The molecule has 1 aromatic heterocycles. The first-order valence-electron chi connectivity index (χ1n) is 8.38. The van der Waals surface area contributed by atoms with Crippen molar-refractivity contribution in [1.82, 2.24) is 0 Å². The van der Waals surface area contributed by atoms with Crippen molar-refractivity contribution in [3.05, 3.63) is 64.9 Å². The van der Waals surface area contributed by atoms with E-state index in [1.165, 1.54) is 5.56 Å². The summed E-state index contributed by atoms with van der Waals surface area (Å²) in [6, 6.07) is 14.0. The van der Waals surface area contributed by atoms with E-state index in [4.69, 9.17) is 20.8 Å². The molecule has 0 saturated heterocycles. The molecule has 2 aliphatic heterocycles. The minimum atomic E-state index is -0.625. The molecular weight excluding hydrogens is 334 g/mol. The molecule has 25 heavy (non-hydrogen) atoms. The van der Waals surface area contributed by atoms with E-state index in [0.29, 0.717) is 0 Å². The minimum Gasteiger partial charge on any atom is -0.459 e. The van der Waals surface area contributed by atoms with E-state index in [1.807, 2.05) is 42.5 Å². The van der Waals surface area contributed by atoms with Gasteiger partial charge >= 0.3 is 0 Å². The van der Waals surface area contributed by atoms with Gasteiger partial charge in [-0.05, 0) is 61.9 Å². The number of rotatable bonds is 0. The fourth-order valence-electron chi connectivity index (χ4n) is 4.24. The van der Waals surface area contributed by atoms with Crippen LogP contribution >= 0.6 is 11.6 Å². The lowest BCUT2D eigenvalue weighted by Crippen LogP contribution is -2.58. The topological polar surface area (TPSA) is 25.6 Å². The third-order valence-electron chi connectivity index (χ3n) is 5.68. The normalized spacial score (nSPS) is 23.0. The summed E-state index contributed by atoms with van der Waals surface area (Å²) in [4.78, 5) is 2.19. The lowest BCUT2D eigenvalue weighted by atomic mass is 9.76. The van der Waals surface area contributed by atoms with Crippen molar-refractivity contribution >= 4 is 34.3 Å². The maximum atomic E-state index is 6.69. The van der Waals surface area contributed by atoms with Gasteiger partial charge in [0.1, 0.15) is 5.58 Å². The average Bonchev–Trinajstić information content (AvgIpc) is 3.04. The molecule has 4 heteroatoms. The number of nitrogens with zero attached hydrogens (tertiary/aromatic N) is 1. The molecule has 0 fully saturated rings. The van der Waals surface area contributed by atoms with Crippen molar-refractivity contribution in [1.29, 1.82) is 0 Å². The third-order valence-corrected chi connectivity index (χ3v) is 5.92. The van der Waals surface area contributed by atoms with E-state index in [-0.39, 0.29) is 5.41 Å². The summed E-state index contributed by atoms with van der Waals surface area (Å²) in [5.41, 5.74) is 2.25. The molecule has 0 N–H and O–H groups in total. The maximum absolute atomic E-state index is 6.69. The first kappa shape index (κ1) is 14.9.